The quantitative estimate of drug-likeness (QED) is 0.898. The molecule has 0 amide bonds. The number of hydrogen-bond acceptors (Lipinski definition) is 2. The Morgan fingerprint density at radius 2 is 1.89 bits per heavy atom. The maximum Gasteiger partial charge on any atom is 0.416 e. The van der Waals surface area contributed by atoms with Gasteiger partial charge in [-0.25, -0.2) is 0 Å². The van der Waals surface area contributed by atoms with Crippen molar-refractivity contribution >= 4 is 0 Å². The lowest BCUT2D eigenvalue weighted by atomic mass is 9.94. The summed E-state index contributed by atoms with van der Waals surface area (Å²) in [4.78, 5) is 3.82. The summed E-state index contributed by atoms with van der Waals surface area (Å²) in [7, 11) is 0. The molecule has 0 saturated heterocycles. The first-order valence-corrected chi connectivity index (χ1v) is 6.37. The van der Waals surface area contributed by atoms with E-state index in [1.54, 1.807) is 6.92 Å². The normalized spacial score (nSPS) is 14.5. The Labute approximate surface area is 112 Å². The van der Waals surface area contributed by atoms with Crippen LogP contribution in [0.1, 0.15) is 51.2 Å². The largest absolute Gasteiger partial charge is 0.416 e. The molecule has 1 rings (SSSR count). The molecule has 0 fully saturated rings. The van der Waals surface area contributed by atoms with E-state index in [0.717, 1.165) is 6.07 Å². The number of pyridine rings is 1. The Hall–Kier alpha value is -1.10. The fraction of sp³-hybridized carbons (Fsp3) is 0.643. The minimum absolute atomic E-state index is 0.0263. The summed E-state index contributed by atoms with van der Waals surface area (Å²) in [6.07, 6.45) is -1.16. The lowest BCUT2D eigenvalue weighted by Crippen LogP contribution is -2.36. The number of hydrogen-bond donors (Lipinski definition) is 1. The van der Waals surface area contributed by atoms with E-state index in [2.05, 4.69) is 10.3 Å². The Bertz CT molecular complexity index is 408. The van der Waals surface area contributed by atoms with Gasteiger partial charge in [-0.3, -0.25) is 4.98 Å². The number of alkyl halides is 3. The van der Waals surface area contributed by atoms with Crippen LogP contribution >= 0.6 is 0 Å². The first kappa shape index (κ1) is 16.0. The summed E-state index contributed by atoms with van der Waals surface area (Å²) in [5.41, 5.74) is -0.335. The zero-order valence-electron chi connectivity index (χ0n) is 11.8. The van der Waals surface area contributed by atoms with Gasteiger partial charge in [0.15, 0.2) is 0 Å². The van der Waals surface area contributed by atoms with Gasteiger partial charge in [0.2, 0.25) is 0 Å². The van der Waals surface area contributed by atoms with Gasteiger partial charge in [-0.15, -0.1) is 0 Å². The van der Waals surface area contributed by atoms with Gasteiger partial charge in [0, 0.05) is 17.9 Å². The van der Waals surface area contributed by atoms with Gasteiger partial charge in [0.25, 0.3) is 0 Å². The molecule has 5 heteroatoms. The van der Waals surface area contributed by atoms with E-state index in [4.69, 9.17) is 0 Å². The average molecular weight is 274 g/mol. The van der Waals surface area contributed by atoms with Crippen molar-refractivity contribution in [2.75, 3.05) is 6.54 Å². The van der Waals surface area contributed by atoms with E-state index in [1.807, 2.05) is 20.8 Å². The molecule has 0 aliphatic carbocycles. The molecule has 1 atom stereocenters. The predicted molar refractivity (Wildman–Crippen MR) is 70.0 cm³/mol. The van der Waals surface area contributed by atoms with Crippen LogP contribution in [0, 0.1) is 0 Å². The number of nitrogens with one attached hydrogen (secondary N) is 1. The fourth-order valence-corrected chi connectivity index (χ4v) is 1.88. The van der Waals surface area contributed by atoms with Gasteiger partial charge < -0.3 is 5.32 Å². The van der Waals surface area contributed by atoms with Gasteiger partial charge >= 0.3 is 6.18 Å². The zero-order chi connectivity index (χ0) is 14.7. The highest BCUT2D eigenvalue weighted by Gasteiger charge is 2.34. The summed E-state index contributed by atoms with van der Waals surface area (Å²) in [5.74, 6) is -0.180. The van der Waals surface area contributed by atoms with Crippen LogP contribution in [0.15, 0.2) is 18.5 Å². The Morgan fingerprint density at radius 1 is 1.26 bits per heavy atom. The first-order chi connectivity index (χ1) is 8.61. The summed E-state index contributed by atoms with van der Waals surface area (Å²) in [5, 5.41) is 3.28. The van der Waals surface area contributed by atoms with Crippen LogP contribution in [0.2, 0.25) is 0 Å². The van der Waals surface area contributed by atoms with Crippen molar-refractivity contribution in [3.05, 3.63) is 29.6 Å². The van der Waals surface area contributed by atoms with Gasteiger partial charge in [-0.1, -0.05) is 6.92 Å². The molecule has 0 radical (unpaired) electrons. The van der Waals surface area contributed by atoms with Crippen LogP contribution in [0.25, 0.3) is 0 Å². The Morgan fingerprint density at radius 3 is 2.42 bits per heavy atom. The van der Waals surface area contributed by atoms with E-state index in [1.165, 1.54) is 12.4 Å². The minimum Gasteiger partial charge on any atom is -0.312 e. The lowest BCUT2D eigenvalue weighted by molar-refractivity contribution is -0.138. The van der Waals surface area contributed by atoms with E-state index in [-0.39, 0.29) is 17.0 Å². The molecular weight excluding hydrogens is 253 g/mol. The molecule has 1 aromatic heterocycles. The standard InChI is InChI=1S/C14H21F3N2/c1-10(5-8-19-13(2,3)4)11-9-18-7-6-12(11)14(15,16)17/h6-7,9-10,19H,5,8H2,1-4H3. The molecule has 0 aromatic carbocycles. The van der Waals surface area contributed by atoms with E-state index >= 15 is 0 Å². The van der Waals surface area contributed by atoms with Crippen LogP contribution in [0.5, 0.6) is 0 Å². The molecular formula is C14H21F3N2. The molecule has 2 nitrogen and oxygen atoms in total. The van der Waals surface area contributed by atoms with Crippen molar-refractivity contribution in [2.45, 2.75) is 51.7 Å². The van der Waals surface area contributed by atoms with Crippen molar-refractivity contribution in [3.8, 4) is 0 Å². The van der Waals surface area contributed by atoms with E-state index < -0.39 is 11.7 Å². The molecule has 0 aliphatic rings. The summed E-state index contributed by atoms with van der Waals surface area (Å²) < 4.78 is 38.6. The molecule has 1 unspecified atom stereocenters. The first-order valence-electron chi connectivity index (χ1n) is 6.37. The highest BCUT2D eigenvalue weighted by molar-refractivity contribution is 5.29. The maximum atomic E-state index is 12.9. The fourth-order valence-electron chi connectivity index (χ4n) is 1.88. The monoisotopic (exact) mass is 274 g/mol. The minimum atomic E-state index is -4.32. The molecule has 0 spiro atoms. The number of rotatable bonds is 4. The topological polar surface area (TPSA) is 24.9 Å². The van der Waals surface area contributed by atoms with E-state index in [0.29, 0.717) is 13.0 Å². The van der Waals surface area contributed by atoms with Gasteiger partial charge in [-0.05, 0) is 51.3 Å². The highest BCUT2D eigenvalue weighted by Crippen LogP contribution is 2.35. The number of halogens is 3. The van der Waals surface area contributed by atoms with Gasteiger partial charge in [-0.2, -0.15) is 13.2 Å². The SMILES string of the molecule is CC(CCNC(C)(C)C)c1cnccc1C(F)(F)F. The second-order valence-electron chi connectivity index (χ2n) is 5.83. The predicted octanol–water partition coefficient (Wildman–Crippen LogP) is 3.98. The summed E-state index contributed by atoms with van der Waals surface area (Å²) in [6, 6.07) is 1.04. The summed E-state index contributed by atoms with van der Waals surface area (Å²) in [6.45, 7) is 8.57. The third-order valence-electron chi connectivity index (χ3n) is 2.92. The molecule has 0 aliphatic heterocycles. The smallest absolute Gasteiger partial charge is 0.312 e. The van der Waals surface area contributed by atoms with Crippen molar-refractivity contribution in [1.82, 2.24) is 10.3 Å². The third kappa shape index (κ3) is 5.19. The van der Waals surface area contributed by atoms with Crippen LogP contribution in [-0.2, 0) is 6.18 Å². The third-order valence-corrected chi connectivity index (χ3v) is 2.92. The van der Waals surface area contributed by atoms with Crippen LogP contribution in [0.4, 0.5) is 13.2 Å². The molecule has 1 N–H and O–H groups in total. The molecule has 19 heavy (non-hydrogen) atoms. The maximum absolute atomic E-state index is 12.9. The van der Waals surface area contributed by atoms with Gasteiger partial charge in [0.05, 0.1) is 5.56 Å². The van der Waals surface area contributed by atoms with Crippen molar-refractivity contribution in [2.24, 2.45) is 0 Å². The Balaban J connectivity index is 2.75. The van der Waals surface area contributed by atoms with Crippen LogP contribution < -0.4 is 5.32 Å². The Kier molecular flexibility index (Phi) is 4.96. The van der Waals surface area contributed by atoms with E-state index in [9.17, 15) is 13.2 Å². The molecule has 0 saturated carbocycles. The highest BCUT2D eigenvalue weighted by atomic mass is 19.4. The van der Waals surface area contributed by atoms with Crippen LogP contribution in [0.3, 0.4) is 0 Å². The molecule has 0 bridgehead atoms. The second-order valence-corrected chi connectivity index (χ2v) is 5.83. The summed E-state index contributed by atoms with van der Waals surface area (Å²) >= 11 is 0. The second kappa shape index (κ2) is 5.90. The van der Waals surface area contributed by atoms with Crippen molar-refractivity contribution in [1.29, 1.82) is 0 Å². The van der Waals surface area contributed by atoms with Crippen LogP contribution in [-0.4, -0.2) is 17.1 Å². The number of aromatic nitrogens is 1. The molecule has 108 valence electrons. The van der Waals surface area contributed by atoms with Crippen molar-refractivity contribution in [3.63, 3.8) is 0 Å². The van der Waals surface area contributed by atoms with Crippen molar-refractivity contribution < 1.29 is 13.2 Å². The van der Waals surface area contributed by atoms with Gasteiger partial charge in [0.1, 0.15) is 0 Å². The number of nitrogens with zero attached hydrogens (tertiary/aromatic N) is 1. The average Bonchev–Trinajstić information content (AvgIpc) is 2.26. The zero-order valence-corrected chi connectivity index (χ0v) is 11.8. The molecule has 1 aromatic rings. The lowest BCUT2D eigenvalue weighted by Gasteiger charge is -2.23. The molecule has 1 heterocycles.